The van der Waals surface area contributed by atoms with Crippen molar-refractivity contribution in [3.8, 4) is 11.1 Å². The van der Waals surface area contributed by atoms with Crippen LogP contribution >= 0.6 is 0 Å². The van der Waals surface area contributed by atoms with Gasteiger partial charge in [-0.1, -0.05) is 48.5 Å². The van der Waals surface area contributed by atoms with Crippen LogP contribution in [0.25, 0.3) is 11.1 Å². The van der Waals surface area contributed by atoms with Crippen molar-refractivity contribution in [1.29, 1.82) is 0 Å². The standard InChI is InChI=1S/C22H25N3O3/c1-16-15-24(12-13-25(16)21(27)14-23-17(2)26)22(28)20-11-7-6-10-19(20)18-8-4-3-5-9-18/h3-11,16H,12-15H2,1-2H3,(H,23,26). The Bertz CT molecular complexity index is 866. The Morgan fingerprint density at radius 2 is 1.68 bits per heavy atom. The number of hydrogen-bond donors (Lipinski definition) is 1. The van der Waals surface area contributed by atoms with Crippen molar-refractivity contribution >= 4 is 17.7 Å². The first-order chi connectivity index (χ1) is 13.5. The fourth-order valence-electron chi connectivity index (χ4n) is 3.52. The van der Waals surface area contributed by atoms with Crippen LogP contribution in [0, 0.1) is 0 Å². The molecule has 146 valence electrons. The van der Waals surface area contributed by atoms with Crippen LogP contribution in [0.5, 0.6) is 0 Å². The minimum atomic E-state index is -0.229. The van der Waals surface area contributed by atoms with E-state index in [0.29, 0.717) is 25.2 Å². The molecule has 1 fully saturated rings. The third-order valence-electron chi connectivity index (χ3n) is 4.97. The summed E-state index contributed by atoms with van der Waals surface area (Å²) >= 11 is 0. The molecule has 1 saturated heterocycles. The number of carbonyl (C=O) groups is 3. The second-order valence-electron chi connectivity index (χ2n) is 7.01. The molecule has 1 atom stereocenters. The first-order valence-corrected chi connectivity index (χ1v) is 9.45. The maximum Gasteiger partial charge on any atom is 0.254 e. The van der Waals surface area contributed by atoms with Crippen LogP contribution in [0.3, 0.4) is 0 Å². The van der Waals surface area contributed by atoms with Crippen LogP contribution in [0.4, 0.5) is 0 Å². The minimum absolute atomic E-state index is 0.00946. The van der Waals surface area contributed by atoms with Gasteiger partial charge in [-0.3, -0.25) is 14.4 Å². The highest BCUT2D eigenvalue weighted by Crippen LogP contribution is 2.25. The van der Waals surface area contributed by atoms with Crippen molar-refractivity contribution in [3.63, 3.8) is 0 Å². The molecular weight excluding hydrogens is 354 g/mol. The Morgan fingerprint density at radius 3 is 2.36 bits per heavy atom. The van der Waals surface area contributed by atoms with Crippen molar-refractivity contribution in [3.05, 3.63) is 60.2 Å². The lowest BCUT2D eigenvalue weighted by Crippen LogP contribution is -2.57. The molecule has 0 bridgehead atoms. The number of hydrogen-bond acceptors (Lipinski definition) is 3. The van der Waals surface area contributed by atoms with Crippen LogP contribution in [0.15, 0.2) is 54.6 Å². The monoisotopic (exact) mass is 379 g/mol. The van der Waals surface area contributed by atoms with E-state index in [2.05, 4.69) is 5.32 Å². The summed E-state index contributed by atoms with van der Waals surface area (Å²) in [6, 6.07) is 17.4. The zero-order chi connectivity index (χ0) is 20.1. The fourth-order valence-corrected chi connectivity index (χ4v) is 3.52. The molecule has 1 aliphatic heterocycles. The molecule has 1 heterocycles. The van der Waals surface area contributed by atoms with Gasteiger partial charge in [0.05, 0.1) is 6.54 Å². The molecule has 0 saturated carbocycles. The zero-order valence-electron chi connectivity index (χ0n) is 16.2. The Morgan fingerprint density at radius 1 is 1.00 bits per heavy atom. The molecule has 0 spiro atoms. The lowest BCUT2D eigenvalue weighted by Gasteiger charge is -2.40. The second kappa shape index (κ2) is 8.69. The van der Waals surface area contributed by atoms with Gasteiger partial charge in [0.15, 0.2) is 0 Å². The van der Waals surface area contributed by atoms with Gasteiger partial charge in [-0.15, -0.1) is 0 Å². The van der Waals surface area contributed by atoms with Gasteiger partial charge in [0.1, 0.15) is 0 Å². The Balaban J connectivity index is 1.72. The van der Waals surface area contributed by atoms with Gasteiger partial charge in [0.25, 0.3) is 5.91 Å². The van der Waals surface area contributed by atoms with E-state index in [1.54, 1.807) is 9.80 Å². The van der Waals surface area contributed by atoms with Crippen LogP contribution in [-0.4, -0.2) is 59.7 Å². The highest BCUT2D eigenvalue weighted by molar-refractivity contribution is 6.01. The average molecular weight is 379 g/mol. The summed E-state index contributed by atoms with van der Waals surface area (Å²) in [6.07, 6.45) is 0. The zero-order valence-corrected chi connectivity index (χ0v) is 16.2. The first kappa shape index (κ1) is 19.6. The van der Waals surface area contributed by atoms with E-state index in [0.717, 1.165) is 11.1 Å². The van der Waals surface area contributed by atoms with Crippen molar-refractivity contribution in [2.75, 3.05) is 26.2 Å². The smallest absolute Gasteiger partial charge is 0.254 e. The number of piperazine rings is 1. The van der Waals surface area contributed by atoms with E-state index in [4.69, 9.17) is 0 Å². The molecule has 2 aromatic carbocycles. The third kappa shape index (κ3) is 4.39. The molecule has 0 aliphatic carbocycles. The lowest BCUT2D eigenvalue weighted by atomic mass is 9.98. The van der Waals surface area contributed by atoms with Crippen LogP contribution < -0.4 is 5.32 Å². The van der Waals surface area contributed by atoms with Crippen LogP contribution in [0.2, 0.25) is 0 Å². The van der Waals surface area contributed by atoms with E-state index < -0.39 is 0 Å². The summed E-state index contributed by atoms with van der Waals surface area (Å²) in [6.45, 7) is 4.70. The molecule has 0 aromatic heterocycles. The Kier molecular flexibility index (Phi) is 6.09. The minimum Gasteiger partial charge on any atom is -0.347 e. The van der Waals surface area contributed by atoms with Gasteiger partial charge in [-0.05, 0) is 24.1 Å². The molecule has 1 aliphatic rings. The molecule has 6 heteroatoms. The number of rotatable bonds is 4. The molecule has 1 unspecified atom stereocenters. The van der Waals surface area contributed by atoms with E-state index >= 15 is 0 Å². The highest BCUT2D eigenvalue weighted by Gasteiger charge is 2.30. The molecule has 1 N–H and O–H groups in total. The number of amides is 3. The average Bonchev–Trinajstić information content (AvgIpc) is 2.72. The van der Waals surface area contributed by atoms with Crippen molar-refractivity contribution in [2.24, 2.45) is 0 Å². The maximum absolute atomic E-state index is 13.2. The van der Waals surface area contributed by atoms with Crippen molar-refractivity contribution < 1.29 is 14.4 Å². The fraction of sp³-hybridized carbons (Fsp3) is 0.318. The number of benzene rings is 2. The van der Waals surface area contributed by atoms with E-state index in [1.165, 1.54) is 6.92 Å². The SMILES string of the molecule is CC(=O)NCC(=O)N1CCN(C(=O)c2ccccc2-c2ccccc2)CC1C. The van der Waals surface area contributed by atoms with Gasteiger partial charge in [0, 0.05) is 38.2 Å². The van der Waals surface area contributed by atoms with Crippen molar-refractivity contribution in [1.82, 2.24) is 15.1 Å². The number of carbonyl (C=O) groups excluding carboxylic acids is 3. The summed E-state index contributed by atoms with van der Waals surface area (Å²) in [5, 5.41) is 2.54. The summed E-state index contributed by atoms with van der Waals surface area (Å²) in [4.78, 5) is 40.1. The van der Waals surface area contributed by atoms with E-state index in [9.17, 15) is 14.4 Å². The molecule has 0 radical (unpaired) electrons. The molecular formula is C22H25N3O3. The number of nitrogens with zero attached hydrogens (tertiary/aromatic N) is 2. The van der Waals surface area contributed by atoms with E-state index in [-0.39, 0.29) is 30.3 Å². The summed E-state index contributed by atoms with van der Waals surface area (Å²) in [7, 11) is 0. The third-order valence-corrected chi connectivity index (χ3v) is 4.97. The normalized spacial score (nSPS) is 16.6. The van der Waals surface area contributed by atoms with Gasteiger partial charge in [0.2, 0.25) is 11.8 Å². The van der Waals surface area contributed by atoms with Gasteiger partial charge in [-0.25, -0.2) is 0 Å². The molecule has 28 heavy (non-hydrogen) atoms. The quantitative estimate of drug-likeness (QED) is 0.885. The Hall–Kier alpha value is -3.15. The van der Waals surface area contributed by atoms with Crippen LogP contribution in [0.1, 0.15) is 24.2 Å². The maximum atomic E-state index is 13.2. The predicted molar refractivity (Wildman–Crippen MR) is 108 cm³/mol. The second-order valence-corrected chi connectivity index (χ2v) is 7.01. The molecule has 2 aromatic rings. The van der Waals surface area contributed by atoms with Gasteiger partial charge < -0.3 is 15.1 Å². The van der Waals surface area contributed by atoms with Gasteiger partial charge in [-0.2, -0.15) is 0 Å². The predicted octanol–water partition coefficient (Wildman–Crippen LogP) is 2.16. The molecule has 3 rings (SSSR count). The Labute approximate surface area is 165 Å². The lowest BCUT2D eigenvalue weighted by molar-refractivity contribution is -0.136. The number of nitrogens with one attached hydrogen (secondary N) is 1. The largest absolute Gasteiger partial charge is 0.347 e. The summed E-state index contributed by atoms with van der Waals surface area (Å²) < 4.78 is 0. The molecule has 6 nitrogen and oxygen atoms in total. The van der Waals surface area contributed by atoms with Crippen LogP contribution in [-0.2, 0) is 9.59 Å². The van der Waals surface area contributed by atoms with Gasteiger partial charge >= 0.3 is 0 Å². The topological polar surface area (TPSA) is 69.7 Å². The summed E-state index contributed by atoms with van der Waals surface area (Å²) in [5.74, 6) is -0.382. The highest BCUT2D eigenvalue weighted by atomic mass is 16.2. The summed E-state index contributed by atoms with van der Waals surface area (Å²) in [5.41, 5.74) is 2.58. The van der Waals surface area contributed by atoms with Crippen molar-refractivity contribution in [2.45, 2.75) is 19.9 Å². The first-order valence-electron chi connectivity index (χ1n) is 9.45. The molecule has 3 amide bonds. The van der Waals surface area contributed by atoms with E-state index in [1.807, 2.05) is 61.5 Å².